The molecule has 0 saturated carbocycles. The molecule has 0 unspecified atom stereocenters. The number of nitrogens with zero attached hydrogens (tertiary/aromatic N) is 1. The third-order valence-electron chi connectivity index (χ3n) is 3.72. The number of aromatic nitrogens is 1. The molecular weight excluding hydrogens is 344 g/mol. The number of hydrogen-bond acceptors (Lipinski definition) is 4. The Balaban J connectivity index is 1.82. The van der Waals surface area contributed by atoms with Gasteiger partial charge < -0.3 is 9.73 Å². The monoisotopic (exact) mass is 366 g/mol. The molecule has 1 N–H and O–H groups in total. The van der Waals surface area contributed by atoms with Crippen LogP contribution in [0, 0.1) is 5.92 Å². The quantitative estimate of drug-likeness (QED) is 0.606. The predicted octanol–water partition coefficient (Wildman–Crippen LogP) is 4.87. The van der Waals surface area contributed by atoms with Crippen LogP contribution in [-0.2, 0) is 4.79 Å². The van der Waals surface area contributed by atoms with E-state index in [0.29, 0.717) is 17.7 Å². The van der Waals surface area contributed by atoms with E-state index in [2.05, 4.69) is 24.1 Å². The van der Waals surface area contributed by atoms with Gasteiger partial charge in [-0.25, -0.2) is 4.98 Å². The van der Waals surface area contributed by atoms with Gasteiger partial charge in [0.1, 0.15) is 5.69 Å². The minimum Gasteiger partial charge on any atom is -0.431 e. The molecule has 4 nitrogen and oxygen atoms in total. The van der Waals surface area contributed by atoms with Crippen LogP contribution in [-0.4, -0.2) is 23.2 Å². The Morgan fingerprint density at radius 3 is 2.27 bits per heavy atom. The van der Waals surface area contributed by atoms with Gasteiger partial charge in [-0.1, -0.05) is 86.3 Å². The SMILES string of the molecule is CC(C)CNC(=O)CSc1nc(-c2ccccc2)c(-c2ccccc2)o1. The number of thioether (sulfide) groups is 1. The minimum absolute atomic E-state index is 0.00979. The van der Waals surface area contributed by atoms with Gasteiger partial charge in [-0.3, -0.25) is 4.79 Å². The summed E-state index contributed by atoms with van der Waals surface area (Å²) in [4.78, 5) is 16.6. The van der Waals surface area contributed by atoms with Crippen molar-refractivity contribution in [2.45, 2.75) is 19.1 Å². The number of benzene rings is 2. The van der Waals surface area contributed by atoms with Gasteiger partial charge in [-0.2, -0.15) is 0 Å². The van der Waals surface area contributed by atoms with Crippen molar-refractivity contribution in [2.75, 3.05) is 12.3 Å². The van der Waals surface area contributed by atoms with Crippen molar-refractivity contribution < 1.29 is 9.21 Å². The van der Waals surface area contributed by atoms with Gasteiger partial charge in [0, 0.05) is 17.7 Å². The van der Waals surface area contributed by atoms with E-state index in [1.807, 2.05) is 60.7 Å². The van der Waals surface area contributed by atoms with E-state index in [9.17, 15) is 4.79 Å². The van der Waals surface area contributed by atoms with E-state index >= 15 is 0 Å². The van der Waals surface area contributed by atoms with E-state index in [4.69, 9.17) is 4.42 Å². The van der Waals surface area contributed by atoms with Gasteiger partial charge in [0.05, 0.1) is 5.75 Å². The number of oxazole rings is 1. The fourth-order valence-corrected chi connectivity index (χ4v) is 3.09. The van der Waals surface area contributed by atoms with Gasteiger partial charge in [-0.15, -0.1) is 0 Å². The van der Waals surface area contributed by atoms with Gasteiger partial charge >= 0.3 is 0 Å². The molecule has 5 heteroatoms. The molecule has 0 atom stereocenters. The van der Waals surface area contributed by atoms with Gasteiger partial charge in [-0.05, 0) is 5.92 Å². The topological polar surface area (TPSA) is 55.1 Å². The normalized spacial score (nSPS) is 10.9. The molecule has 0 aliphatic carbocycles. The third kappa shape index (κ3) is 4.76. The van der Waals surface area contributed by atoms with Crippen LogP contribution < -0.4 is 5.32 Å². The minimum atomic E-state index is -0.00979. The molecule has 26 heavy (non-hydrogen) atoms. The zero-order valence-electron chi connectivity index (χ0n) is 14.9. The molecule has 1 amide bonds. The van der Waals surface area contributed by atoms with Crippen molar-refractivity contribution in [1.82, 2.24) is 10.3 Å². The van der Waals surface area contributed by atoms with E-state index in [-0.39, 0.29) is 11.7 Å². The maximum absolute atomic E-state index is 12.0. The van der Waals surface area contributed by atoms with Crippen molar-refractivity contribution in [1.29, 1.82) is 0 Å². The number of hydrogen-bond donors (Lipinski definition) is 1. The van der Waals surface area contributed by atoms with Gasteiger partial charge in [0.25, 0.3) is 5.22 Å². The summed E-state index contributed by atoms with van der Waals surface area (Å²) < 4.78 is 6.00. The lowest BCUT2D eigenvalue weighted by molar-refractivity contribution is -0.118. The molecular formula is C21H22N2O2S. The van der Waals surface area contributed by atoms with Crippen LogP contribution in [0.4, 0.5) is 0 Å². The van der Waals surface area contributed by atoms with E-state index < -0.39 is 0 Å². The maximum Gasteiger partial charge on any atom is 0.257 e. The second-order valence-electron chi connectivity index (χ2n) is 6.38. The Morgan fingerprint density at radius 1 is 1.04 bits per heavy atom. The Morgan fingerprint density at radius 2 is 1.65 bits per heavy atom. The Kier molecular flexibility index (Phi) is 6.12. The molecule has 1 heterocycles. The average molecular weight is 366 g/mol. The Labute approximate surface area is 158 Å². The summed E-state index contributed by atoms with van der Waals surface area (Å²) in [6.45, 7) is 4.81. The van der Waals surface area contributed by atoms with Crippen molar-refractivity contribution >= 4 is 17.7 Å². The fourth-order valence-electron chi connectivity index (χ4n) is 2.44. The molecule has 0 aliphatic heterocycles. The van der Waals surface area contributed by atoms with Crippen molar-refractivity contribution in [2.24, 2.45) is 5.92 Å². The third-order valence-corrected chi connectivity index (χ3v) is 4.55. The first kappa shape index (κ1) is 18.3. The summed E-state index contributed by atoms with van der Waals surface area (Å²) in [6, 6.07) is 19.8. The summed E-state index contributed by atoms with van der Waals surface area (Å²) in [6.07, 6.45) is 0. The lowest BCUT2D eigenvalue weighted by atomic mass is 10.1. The molecule has 0 radical (unpaired) electrons. The van der Waals surface area contributed by atoms with Crippen LogP contribution in [0.15, 0.2) is 70.3 Å². The lowest BCUT2D eigenvalue weighted by Gasteiger charge is -2.05. The first-order valence-electron chi connectivity index (χ1n) is 8.64. The molecule has 0 aliphatic rings. The molecule has 2 aromatic carbocycles. The summed E-state index contributed by atoms with van der Waals surface area (Å²) >= 11 is 1.31. The van der Waals surface area contributed by atoms with Crippen LogP contribution in [0.2, 0.25) is 0 Å². The highest BCUT2D eigenvalue weighted by Crippen LogP contribution is 2.35. The van der Waals surface area contributed by atoms with Crippen molar-refractivity contribution in [3.05, 3.63) is 60.7 Å². The van der Waals surface area contributed by atoms with Crippen molar-refractivity contribution in [3.8, 4) is 22.6 Å². The van der Waals surface area contributed by atoms with Crippen LogP contribution >= 0.6 is 11.8 Å². The van der Waals surface area contributed by atoms with Crippen LogP contribution in [0.5, 0.6) is 0 Å². The molecule has 0 saturated heterocycles. The van der Waals surface area contributed by atoms with E-state index in [1.54, 1.807) is 0 Å². The Hall–Kier alpha value is -2.53. The Bertz CT molecular complexity index is 788. The highest BCUT2D eigenvalue weighted by Gasteiger charge is 2.17. The average Bonchev–Trinajstić information content (AvgIpc) is 3.10. The smallest absolute Gasteiger partial charge is 0.257 e. The van der Waals surface area contributed by atoms with Gasteiger partial charge in [0.2, 0.25) is 5.91 Å². The van der Waals surface area contributed by atoms with Crippen molar-refractivity contribution in [3.63, 3.8) is 0 Å². The highest BCUT2D eigenvalue weighted by atomic mass is 32.2. The van der Waals surface area contributed by atoms with Crippen LogP contribution in [0.1, 0.15) is 13.8 Å². The zero-order chi connectivity index (χ0) is 18.4. The first-order chi connectivity index (χ1) is 12.6. The van der Waals surface area contributed by atoms with Crippen LogP contribution in [0.25, 0.3) is 22.6 Å². The number of carbonyl (C=O) groups is 1. The number of amides is 1. The molecule has 0 bridgehead atoms. The maximum atomic E-state index is 12.0. The summed E-state index contributed by atoms with van der Waals surface area (Å²) in [5.41, 5.74) is 2.75. The van der Waals surface area contributed by atoms with E-state index in [1.165, 1.54) is 11.8 Å². The second kappa shape index (κ2) is 8.72. The zero-order valence-corrected chi connectivity index (χ0v) is 15.8. The molecule has 3 aromatic rings. The molecule has 134 valence electrons. The van der Waals surface area contributed by atoms with E-state index in [0.717, 1.165) is 22.6 Å². The van der Waals surface area contributed by atoms with Gasteiger partial charge in [0.15, 0.2) is 5.76 Å². The second-order valence-corrected chi connectivity index (χ2v) is 7.30. The number of carbonyl (C=O) groups excluding carboxylic acids is 1. The molecule has 3 rings (SSSR count). The highest BCUT2D eigenvalue weighted by molar-refractivity contribution is 7.99. The molecule has 1 aromatic heterocycles. The summed E-state index contributed by atoms with van der Waals surface area (Å²) in [7, 11) is 0. The van der Waals surface area contributed by atoms with Crippen LogP contribution in [0.3, 0.4) is 0 Å². The lowest BCUT2D eigenvalue weighted by Crippen LogP contribution is -2.28. The summed E-state index contributed by atoms with van der Waals surface area (Å²) in [5.74, 6) is 1.43. The summed E-state index contributed by atoms with van der Waals surface area (Å²) in [5, 5.41) is 3.41. The number of rotatable bonds is 7. The largest absolute Gasteiger partial charge is 0.431 e. The first-order valence-corrected chi connectivity index (χ1v) is 9.63. The number of nitrogens with one attached hydrogen (secondary N) is 1. The standard InChI is InChI=1S/C21H22N2O2S/c1-15(2)13-22-18(24)14-26-21-23-19(16-9-5-3-6-10-16)20(25-21)17-11-7-4-8-12-17/h3-12,15H,13-14H2,1-2H3,(H,22,24). The molecule has 0 spiro atoms. The fraction of sp³-hybridized carbons (Fsp3) is 0.238. The molecule has 0 fully saturated rings. The predicted molar refractivity (Wildman–Crippen MR) is 106 cm³/mol.